The van der Waals surface area contributed by atoms with Gasteiger partial charge in [0.2, 0.25) is 0 Å². The first-order valence-corrected chi connectivity index (χ1v) is 12.1. The van der Waals surface area contributed by atoms with Crippen molar-refractivity contribution < 1.29 is 0 Å². The second-order valence-corrected chi connectivity index (χ2v) is 9.56. The van der Waals surface area contributed by atoms with E-state index in [0.717, 1.165) is 6.54 Å². The van der Waals surface area contributed by atoms with Gasteiger partial charge in [0, 0.05) is 42.5 Å². The molecule has 2 aromatic carbocycles. The molecule has 2 heterocycles. The summed E-state index contributed by atoms with van der Waals surface area (Å²) in [7, 11) is 2.23. The third-order valence-electron chi connectivity index (χ3n) is 6.21. The van der Waals surface area contributed by atoms with Crippen LogP contribution in [0.15, 0.2) is 52.3 Å². The van der Waals surface area contributed by atoms with Crippen LogP contribution in [0.5, 0.6) is 0 Å². The summed E-state index contributed by atoms with van der Waals surface area (Å²) in [6, 6.07) is 16.1. The number of unbranched alkanes of at least 4 members (excludes halogenated alkanes) is 2. The number of hydrogen-bond donors (Lipinski definition) is 0. The zero-order chi connectivity index (χ0) is 20.1. The first kappa shape index (κ1) is 20.8. The highest BCUT2D eigenvalue weighted by Gasteiger charge is 2.23. The predicted molar refractivity (Wildman–Crippen MR) is 126 cm³/mol. The molecule has 1 saturated heterocycles. The molecule has 2 aliphatic rings. The Balaban J connectivity index is 1.42. The van der Waals surface area contributed by atoms with Crippen LogP contribution < -0.4 is 4.90 Å². The molecular weight excluding hydrogens is 374 g/mol. The Kier molecular flexibility index (Phi) is 7.17. The van der Waals surface area contributed by atoms with E-state index in [4.69, 9.17) is 0 Å². The van der Waals surface area contributed by atoms with Gasteiger partial charge in [-0.25, -0.2) is 0 Å². The van der Waals surface area contributed by atoms with Gasteiger partial charge in [-0.1, -0.05) is 43.3 Å². The third-order valence-corrected chi connectivity index (χ3v) is 7.32. The Morgan fingerprint density at radius 2 is 1.59 bits per heavy atom. The second kappa shape index (κ2) is 10.0. The molecule has 1 fully saturated rings. The Morgan fingerprint density at radius 1 is 0.828 bits per heavy atom. The van der Waals surface area contributed by atoms with Gasteiger partial charge in [-0.2, -0.15) is 0 Å². The van der Waals surface area contributed by atoms with Crippen LogP contribution in [0.25, 0.3) is 0 Å². The number of benzene rings is 2. The molecule has 0 spiro atoms. The number of hydrogen-bond acceptors (Lipinski definition) is 4. The van der Waals surface area contributed by atoms with E-state index in [0.29, 0.717) is 0 Å². The van der Waals surface area contributed by atoms with Gasteiger partial charge in [0.15, 0.2) is 0 Å². The van der Waals surface area contributed by atoms with Crippen molar-refractivity contribution in [1.82, 2.24) is 9.80 Å². The quantitative estimate of drug-likeness (QED) is 0.520. The minimum absolute atomic E-state index is 1.10. The molecule has 0 saturated carbocycles. The smallest absolute Gasteiger partial charge is 0.0553 e. The molecule has 0 unspecified atom stereocenters. The molecule has 3 nitrogen and oxygen atoms in total. The Bertz CT molecular complexity index is 798. The van der Waals surface area contributed by atoms with E-state index in [2.05, 4.69) is 71.1 Å². The summed E-state index contributed by atoms with van der Waals surface area (Å²) in [5.41, 5.74) is 4.26. The van der Waals surface area contributed by atoms with E-state index in [-0.39, 0.29) is 0 Å². The lowest BCUT2D eigenvalue weighted by Crippen LogP contribution is -2.44. The number of rotatable bonds is 8. The van der Waals surface area contributed by atoms with Crippen molar-refractivity contribution in [3.8, 4) is 0 Å². The Hall–Kier alpha value is -1.49. The fourth-order valence-electron chi connectivity index (χ4n) is 4.33. The summed E-state index contributed by atoms with van der Waals surface area (Å²) in [5.74, 6) is 0. The van der Waals surface area contributed by atoms with Gasteiger partial charge < -0.3 is 14.7 Å². The standard InChI is InChI=1S/C25H35N3S/c1-3-4-9-21-12-13-23-25(20-21)29-24-11-6-5-10-22(24)28(23)15-8-7-14-27-18-16-26(2)17-19-27/h5-6,10-13,20H,3-4,7-9,14-19H2,1-2H3. The van der Waals surface area contributed by atoms with Crippen molar-refractivity contribution in [2.24, 2.45) is 0 Å². The van der Waals surface area contributed by atoms with E-state index >= 15 is 0 Å². The van der Waals surface area contributed by atoms with Gasteiger partial charge in [0.25, 0.3) is 0 Å². The van der Waals surface area contributed by atoms with Crippen LogP contribution in [-0.2, 0) is 6.42 Å². The average Bonchev–Trinajstić information content (AvgIpc) is 2.75. The number of likely N-dealkylation sites (N-methyl/N-ethyl adjacent to an activating group) is 1. The molecule has 4 rings (SSSR count). The molecule has 156 valence electrons. The molecule has 0 radical (unpaired) electrons. The number of nitrogens with zero attached hydrogens (tertiary/aromatic N) is 3. The number of fused-ring (bicyclic) bond motifs is 2. The monoisotopic (exact) mass is 409 g/mol. The van der Waals surface area contributed by atoms with Gasteiger partial charge in [0.1, 0.15) is 0 Å². The van der Waals surface area contributed by atoms with Crippen LogP contribution in [-0.4, -0.2) is 56.1 Å². The van der Waals surface area contributed by atoms with Crippen molar-refractivity contribution in [2.45, 2.75) is 48.8 Å². The SMILES string of the molecule is CCCCc1ccc2c(c1)Sc1ccccc1N2CCCCN1CCN(C)CC1. The van der Waals surface area contributed by atoms with E-state index in [1.807, 2.05) is 11.8 Å². The van der Waals surface area contributed by atoms with Gasteiger partial charge in [-0.3, -0.25) is 0 Å². The number of aryl methyl sites for hydroxylation is 1. The van der Waals surface area contributed by atoms with Crippen molar-refractivity contribution in [1.29, 1.82) is 0 Å². The molecule has 4 heteroatoms. The zero-order valence-corrected chi connectivity index (χ0v) is 18.9. The maximum atomic E-state index is 2.63. The van der Waals surface area contributed by atoms with E-state index in [9.17, 15) is 0 Å². The predicted octanol–water partition coefficient (Wildman–Crippen LogP) is 5.66. The number of para-hydroxylation sites is 1. The van der Waals surface area contributed by atoms with Gasteiger partial charge in [0.05, 0.1) is 11.4 Å². The minimum atomic E-state index is 1.10. The molecule has 0 aliphatic carbocycles. The fraction of sp³-hybridized carbons (Fsp3) is 0.520. The number of anilines is 2. The summed E-state index contributed by atoms with van der Waals surface area (Å²) >= 11 is 1.94. The normalized spacial score (nSPS) is 17.2. The van der Waals surface area contributed by atoms with Crippen LogP contribution in [0.3, 0.4) is 0 Å². The van der Waals surface area contributed by atoms with Crippen LogP contribution in [0.1, 0.15) is 38.2 Å². The summed E-state index contributed by atoms with van der Waals surface area (Å²) in [6.07, 6.45) is 6.24. The molecular formula is C25H35N3S. The van der Waals surface area contributed by atoms with E-state index in [1.54, 1.807) is 0 Å². The molecule has 0 atom stereocenters. The van der Waals surface area contributed by atoms with Crippen molar-refractivity contribution >= 4 is 23.1 Å². The van der Waals surface area contributed by atoms with E-state index < -0.39 is 0 Å². The van der Waals surface area contributed by atoms with Crippen molar-refractivity contribution in [3.05, 3.63) is 48.0 Å². The van der Waals surface area contributed by atoms with Crippen molar-refractivity contribution in [3.63, 3.8) is 0 Å². The first-order valence-electron chi connectivity index (χ1n) is 11.3. The van der Waals surface area contributed by atoms with Crippen LogP contribution in [0.4, 0.5) is 11.4 Å². The van der Waals surface area contributed by atoms with E-state index in [1.165, 1.54) is 91.6 Å². The Labute approximate surface area is 181 Å². The fourth-order valence-corrected chi connectivity index (χ4v) is 5.49. The Morgan fingerprint density at radius 3 is 2.41 bits per heavy atom. The molecule has 0 bridgehead atoms. The largest absolute Gasteiger partial charge is 0.340 e. The molecule has 29 heavy (non-hydrogen) atoms. The third kappa shape index (κ3) is 5.17. The summed E-state index contributed by atoms with van der Waals surface area (Å²) < 4.78 is 0. The van der Waals surface area contributed by atoms with Gasteiger partial charge in [-0.15, -0.1) is 0 Å². The highest BCUT2D eigenvalue weighted by atomic mass is 32.2. The zero-order valence-electron chi connectivity index (χ0n) is 18.1. The van der Waals surface area contributed by atoms with Crippen LogP contribution in [0.2, 0.25) is 0 Å². The lowest BCUT2D eigenvalue weighted by Gasteiger charge is -2.34. The second-order valence-electron chi connectivity index (χ2n) is 8.48. The topological polar surface area (TPSA) is 9.72 Å². The lowest BCUT2D eigenvalue weighted by molar-refractivity contribution is 0.152. The van der Waals surface area contributed by atoms with Gasteiger partial charge in [-0.05, 0) is 69.1 Å². The molecule has 2 aromatic rings. The maximum absolute atomic E-state index is 2.63. The molecule has 0 aromatic heterocycles. The van der Waals surface area contributed by atoms with Gasteiger partial charge >= 0.3 is 0 Å². The summed E-state index contributed by atoms with van der Waals surface area (Å²) in [4.78, 5) is 10.5. The highest BCUT2D eigenvalue weighted by Crippen LogP contribution is 2.48. The summed E-state index contributed by atoms with van der Waals surface area (Å²) in [6.45, 7) is 9.49. The minimum Gasteiger partial charge on any atom is -0.340 e. The molecule has 0 amide bonds. The van der Waals surface area contributed by atoms with Crippen LogP contribution >= 0.6 is 11.8 Å². The summed E-state index contributed by atoms with van der Waals surface area (Å²) in [5, 5.41) is 0. The number of piperazine rings is 1. The van der Waals surface area contributed by atoms with Crippen LogP contribution in [0, 0.1) is 0 Å². The first-order chi connectivity index (χ1) is 14.2. The molecule has 2 aliphatic heterocycles. The lowest BCUT2D eigenvalue weighted by atomic mass is 10.1. The average molecular weight is 410 g/mol. The maximum Gasteiger partial charge on any atom is 0.0553 e. The highest BCUT2D eigenvalue weighted by molar-refractivity contribution is 7.99. The van der Waals surface area contributed by atoms with Crippen molar-refractivity contribution in [2.75, 3.05) is 51.2 Å². The molecule has 0 N–H and O–H groups in total.